The van der Waals surface area contributed by atoms with Crippen LogP contribution in [0.1, 0.15) is 36.5 Å². The van der Waals surface area contributed by atoms with Crippen molar-refractivity contribution in [3.8, 4) is 0 Å². The van der Waals surface area contributed by atoms with Crippen molar-refractivity contribution in [2.24, 2.45) is 0 Å². The lowest BCUT2D eigenvalue weighted by molar-refractivity contribution is 0.164. The molecule has 1 heterocycles. The molecule has 0 aliphatic carbocycles. The van der Waals surface area contributed by atoms with Gasteiger partial charge in [-0.25, -0.2) is 0 Å². The van der Waals surface area contributed by atoms with E-state index >= 15 is 0 Å². The van der Waals surface area contributed by atoms with E-state index < -0.39 is 0 Å². The van der Waals surface area contributed by atoms with E-state index in [2.05, 4.69) is 24.3 Å². The predicted octanol–water partition coefficient (Wildman–Crippen LogP) is 4.19. The molecule has 1 nitrogen and oxygen atoms in total. The summed E-state index contributed by atoms with van der Waals surface area (Å²) in [6.45, 7) is 0. The van der Waals surface area contributed by atoms with Crippen molar-refractivity contribution in [2.45, 2.75) is 31.8 Å². The highest BCUT2D eigenvalue weighted by Gasteiger charge is 2.06. The zero-order chi connectivity index (χ0) is 11.9. The molecule has 0 fully saturated rings. The fraction of sp³-hybridized carbons (Fsp3) is 0.333. The topological polar surface area (TPSA) is 20.2 Å². The van der Waals surface area contributed by atoms with Gasteiger partial charge >= 0.3 is 0 Å². The molecule has 0 saturated heterocycles. The van der Waals surface area contributed by atoms with Crippen molar-refractivity contribution < 1.29 is 5.11 Å². The van der Waals surface area contributed by atoms with Crippen molar-refractivity contribution in [1.82, 2.24) is 0 Å². The van der Waals surface area contributed by atoms with Gasteiger partial charge in [0.15, 0.2) is 0 Å². The van der Waals surface area contributed by atoms with Gasteiger partial charge in [-0.15, -0.1) is 0 Å². The maximum atomic E-state index is 9.91. The number of thiophene rings is 1. The van der Waals surface area contributed by atoms with Gasteiger partial charge in [0.1, 0.15) is 0 Å². The highest BCUT2D eigenvalue weighted by atomic mass is 32.1. The maximum absolute atomic E-state index is 9.91. The minimum atomic E-state index is -0.281. The molecule has 0 bridgehead atoms. The Balaban J connectivity index is 1.67. The van der Waals surface area contributed by atoms with Crippen LogP contribution in [-0.2, 0) is 6.42 Å². The lowest BCUT2D eigenvalue weighted by atomic mass is 10.0. The number of unbranched alkanes of at least 4 members (excludes halogenated alkanes) is 1. The van der Waals surface area contributed by atoms with Gasteiger partial charge in [0, 0.05) is 0 Å². The number of hydrogen-bond acceptors (Lipinski definition) is 2. The highest BCUT2D eigenvalue weighted by molar-refractivity contribution is 7.07. The molecular weight excluding hydrogens is 228 g/mol. The van der Waals surface area contributed by atoms with Gasteiger partial charge < -0.3 is 5.11 Å². The van der Waals surface area contributed by atoms with Crippen LogP contribution < -0.4 is 0 Å². The van der Waals surface area contributed by atoms with E-state index in [4.69, 9.17) is 0 Å². The van der Waals surface area contributed by atoms with Crippen molar-refractivity contribution in [3.05, 3.63) is 58.3 Å². The van der Waals surface area contributed by atoms with E-state index in [1.165, 1.54) is 5.56 Å². The van der Waals surface area contributed by atoms with Crippen LogP contribution in [0.15, 0.2) is 47.2 Å². The number of benzene rings is 1. The van der Waals surface area contributed by atoms with Crippen molar-refractivity contribution in [2.75, 3.05) is 0 Å². The Hall–Kier alpha value is -1.12. The molecule has 2 aromatic rings. The Kier molecular flexibility index (Phi) is 4.77. The molecule has 0 spiro atoms. The first-order chi connectivity index (χ1) is 8.36. The van der Waals surface area contributed by atoms with Gasteiger partial charge in [0.2, 0.25) is 0 Å². The zero-order valence-electron chi connectivity index (χ0n) is 9.88. The van der Waals surface area contributed by atoms with Crippen molar-refractivity contribution in [3.63, 3.8) is 0 Å². The van der Waals surface area contributed by atoms with E-state index in [1.54, 1.807) is 11.3 Å². The normalized spacial score (nSPS) is 12.5. The Morgan fingerprint density at radius 3 is 2.59 bits per heavy atom. The lowest BCUT2D eigenvalue weighted by Gasteiger charge is -2.08. The van der Waals surface area contributed by atoms with Gasteiger partial charge in [0.25, 0.3) is 0 Å². The van der Waals surface area contributed by atoms with Gasteiger partial charge in [-0.2, -0.15) is 11.3 Å². The lowest BCUT2D eigenvalue weighted by Crippen LogP contribution is -1.96. The van der Waals surface area contributed by atoms with Crippen LogP contribution in [0.25, 0.3) is 0 Å². The highest BCUT2D eigenvalue weighted by Crippen LogP contribution is 2.21. The van der Waals surface area contributed by atoms with Crippen LogP contribution in [-0.4, -0.2) is 5.11 Å². The van der Waals surface area contributed by atoms with Gasteiger partial charge in [-0.1, -0.05) is 36.8 Å². The molecule has 0 saturated carbocycles. The second-order valence-corrected chi connectivity index (χ2v) is 5.08. The average molecular weight is 246 g/mol. The summed E-state index contributed by atoms with van der Waals surface area (Å²) >= 11 is 1.64. The summed E-state index contributed by atoms with van der Waals surface area (Å²) in [4.78, 5) is 0. The molecule has 0 aliphatic rings. The molecule has 1 aromatic carbocycles. The summed E-state index contributed by atoms with van der Waals surface area (Å²) in [5.41, 5.74) is 2.45. The Morgan fingerprint density at radius 1 is 1.06 bits per heavy atom. The molecule has 17 heavy (non-hydrogen) atoms. The molecule has 1 N–H and O–H groups in total. The van der Waals surface area contributed by atoms with Crippen LogP contribution in [0.5, 0.6) is 0 Å². The maximum Gasteiger partial charge on any atom is 0.0798 e. The van der Waals surface area contributed by atoms with Gasteiger partial charge in [-0.05, 0) is 47.2 Å². The second kappa shape index (κ2) is 6.58. The summed E-state index contributed by atoms with van der Waals surface area (Å²) in [6, 6.07) is 12.5. The second-order valence-electron chi connectivity index (χ2n) is 4.30. The number of aliphatic hydroxyl groups is 1. The van der Waals surface area contributed by atoms with Crippen LogP contribution in [0, 0.1) is 0 Å². The Morgan fingerprint density at radius 2 is 1.88 bits per heavy atom. The van der Waals surface area contributed by atoms with E-state index in [1.807, 2.05) is 22.9 Å². The summed E-state index contributed by atoms with van der Waals surface area (Å²) in [5.74, 6) is 0. The number of aryl methyl sites for hydroxylation is 1. The molecule has 2 rings (SSSR count). The van der Waals surface area contributed by atoms with Gasteiger partial charge in [0.05, 0.1) is 6.10 Å². The van der Waals surface area contributed by atoms with Crippen LogP contribution in [0.2, 0.25) is 0 Å². The van der Waals surface area contributed by atoms with Crippen molar-refractivity contribution >= 4 is 11.3 Å². The smallest absolute Gasteiger partial charge is 0.0798 e. The molecule has 0 radical (unpaired) electrons. The largest absolute Gasteiger partial charge is 0.388 e. The van der Waals surface area contributed by atoms with E-state index in [0.717, 1.165) is 31.2 Å². The first-order valence-electron chi connectivity index (χ1n) is 6.10. The third-order valence-electron chi connectivity index (χ3n) is 2.96. The molecule has 0 amide bonds. The molecule has 0 unspecified atom stereocenters. The summed E-state index contributed by atoms with van der Waals surface area (Å²) < 4.78 is 0. The molecule has 0 aliphatic heterocycles. The summed E-state index contributed by atoms with van der Waals surface area (Å²) in [7, 11) is 0. The number of hydrogen-bond donors (Lipinski definition) is 1. The third kappa shape index (κ3) is 3.99. The quantitative estimate of drug-likeness (QED) is 0.758. The fourth-order valence-corrected chi connectivity index (χ4v) is 2.65. The molecular formula is C15H18OS. The average Bonchev–Trinajstić information content (AvgIpc) is 2.89. The molecule has 1 aromatic heterocycles. The van der Waals surface area contributed by atoms with Crippen molar-refractivity contribution in [1.29, 1.82) is 0 Å². The first-order valence-corrected chi connectivity index (χ1v) is 7.04. The van der Waals surface area contributed by atoms with Gasteiger partial charge in [-0.3, -0.25) is 0 Å². The SMILES string of the molecule is O[C@@H](CCCCc1ccccc1)c1ccsc1. The molecule has 1 atom stereocenters. The number of aliphatic hydroxyl groups excluding tert-OH is 1. The fourth-order valence-electron chi connectivity index (χ4n) is 1.94. The predicted molar refractivity (Wildman–Crippen MR) is 73.3 cm³/mol. The monoisotopic (exact) mass is 246 g/mol. The van der Waals surface area contributed by atoms with Crippen LogP contribution >= 0.6 is 11.3 Å². The minimum absolute atomic E-state index is 0.281. The first kappa shape index (κ1) is 12.3. The Bertz CT molecular complexity index is 408. The van der Waals surface area contributed by atoms with E-state index in [-0.39, 0.29) is 6.10 Å². The summed E-state index contributed by atoms with van der Waals surface area (Å²) in [5, 5.41) is 14.0. The van der Waals surface area contributed by atoms with Crippen LogP contribution in [0.3, 0.4) is 0 Å². The molecule has 90 valence electrons. The Labute approximate surface area is 107 Å². The van der Waals surface area contributed by atoms with Crippen LogP contribution in [0.4, 0.5) is 0 Å². The van der Waals surface area contributed by atoms with E-state index in [0.29, 0.717) is 0 Å². The standard InChI is InChI=1S/C15H18OS/c16-15(14-10-11-17-12-14)9-5-4-8-13-6-2-1-3-7-13/h1-3,6-7,10-12,15-16H,4-5,8-9H2/t15-/m0/s1. The summed E-state index contributed by atoms with van der Waals surface area (Å²) in [6.07, 6.45) is 3.91. The third-order valence-corrected chi connectivity index (χ3v) is 3.67. The zero-order valence-corrected chi connectivity index (χ0v) is 10.7. The minimum Gasteiger partial charge on any atom is -0.388 e. The number of rotatable bonds is 6. The molecule has 2 heteroatoms. The van der Waals surface area contributed by atoms with E-state index in [9.17, 15) is 5.11 Å².